The molecule has 1 aromatic heterocycles. The molecule has 0 aliphatic heterocycles. The van der Waals surface area contributed by atoms with Crippen molar-refractivity contribution in [2.75, 3.05) is 6.54 Å². The minimum Gasteiger partial charge on any atom is -0.312 e. The summed E-state index contributed by atoms with van der Waals surface area (Å²) >= 11 is 1.75. The van der Waals surface area contributed by atoms with Gasteiger partial charge in [-0.3, -0.25) is 0 Å². The van der Waals surface area contributed by atoms with E-state index in [1.165, 1.54) is 16.1 Å². The van der Waals surface area contributed by atoms with Gasteiger partial charge in [-0.25, -0.2) is 4.98 Å². The van der Waals surface area contributed by atoms with Crippen molar-refractivity contribution in [1.29, 1.82) is 0 Å². The van der Waals surface area contributed by atoms with E-state index in [1.807, 2.05) is 6.92 Å². The first-order valence-electron chi connectivity index (χ1n) is 5.92. The molecule has 90 valence electrons. The standard InChI is InChI=1S/C14H18N2S/c1-11-5-3-4-6-13(11)9-15-8-7-14-16-12(2)10-17-14/h3-6,10,15H,7-9H2,1-2H3. The van der Waals surface area contributed by atoms with Gasteiger partial charge >= 0.3 is 0 Å². The fourth-order valence-corrected chi connectivity index (χ4v) is 2.52. The molecule has 1 heterocycles. The number of benzene rings is 1. The summed E-state index contributed by atoms with van der Waals surface area (Å²) in [7, 11) is 0. The SMILES string of the molecule is Cc1csc(CCNCc2ccccc2C)n1. The van der Waals surface area contributed by atoms with Crippen LogP contribution < -0.4 is 5.32 Å². The van der Waals surface area contributed by atoms with Crippen molar-refractivity contribution in [2.45, 2.75) is 26.8 Å². The zero-order chi connectivity index (χ0) is 12.1. The summed E-state index contributed by atoms with van der Waals surface area (Å²) in [5.74, 6) is 0. The van der Waals surface area contributed by atoms with Gasteiger partial charge in [0.2, 0.25) is 0 Å². The molecule has 0 fully saturated rings. The van der Waals surface area contributed by atoms with Crippen molar-refractivity contribution in [1.82, 2.24) is 10.3 Å². The van der Waals surface area contributed by atoms with Gasteiger partial charge in [0.1, 0.15) is 0 Å². The normalized spacial score (nSPS) is 10.7. The van der Waals surface area contributed by atoms with Crippen LogP contribution in [0.15, 0.2) is 29.6 Å². The van der Waals surface area contributed by atoms with E-state index < -0.39 is 0 Å². The molecule has 0 unspecified atom stereocenters. The highest BCUT2D eigenvalue weighted by atomic mass is 32.1. The van der Waals surface area contributed by atoms with Gasteiger partial charge in [-0.1, -0.05) is 24.3 Å². The Kier molecular flexibility index (Phi) is 4.29. The van der Waals surface area contributed by atoms with E-state index in [0.717, 1.165) is 25.2 Å². The van der Waals surface area contributed by atoms with Crippen LogP contribution in [-0.2, 0) is 13.0 Å². The third-order valence-electron chi connectivity index (χ3n) is 2.76. The van der Waals surface area contributed by atoms with Gasteiger partial charge in [0.15, 0.2) is 0 Å². The van der Waals surface area contributed by atoms with Crippen molar-refractivity contribution in [3.8, 4) is 0 Å². The summed E-state index contributed by atoms with van der Waals surface area (Å²) in [4.78, 5) is 4.45. The summed E-state index contributed by atoms with van der Waals surface area (Å²) in [6.45, 7) is 6.13. The maximum Gasteiger partial charge on any atom is 0.0940 e. The summed E-state index contributed by atoms with van der Waals surface area (Å²) in [6.07, 6.45) is 1.02. The van der Waals surface area contributed by atoms with Gasteiger partial charge in [-0.15, -0.1) is 11.3 Å². The van der Waals surface area contributed by atoms with E-state index >= 15 is 0 Å². The van der Waals surface area contributed by atoms with Gasteiger partial charge in [0.25, 0.3) is 0 Å². The van der Waals surface area contributed by atoms with Gasteiger partial charge < -0.3 is 5.32 Å². The first-order valence-corrected chi connectivity index (χ1v) is 6.80. The molecule has 0 spiro atoms. The number of hydrogen-bond acceptors (Lipinski definition) is 3. The predicted molar refractivity (Wildman–Crippen MR) is 73.4 cm³/mol. The molecule has 3 heteroatoms. The summed E-state index contributed by atoms with van der Waals surface area (Å²) in [6, 6.07) is 8.50. The molecule has 0 amide bonds. The van der Waals surface area contributed by atoms with Crippen LogP contribution in [0.25, 0.3) is 0 Å². The Morgan fingerprint density at radius 3 is 2.76 bits per heavy atom. The molecule has 0 radical (unpaired) electrons. The second-order valence-electron chi connectivity index (χ2n) is 4.24. The van der Waals surface area contributed by atoms with Crippen LogP contribution in [0.1, 0.15) is 21.8 Å². The highest BCUT2D eigenvalue weighted by Gasteiger charge is 1.99. The third-order valence-corrected chi connectivity index (χ3v) is 3.79. The minimum atomic E-state index is 0.941. The smallest absolute Gasteiger partial charge is 0.0940 e. The van der Waals surface area contributed by atoms with Crippen LogP contribution in [0.3, 0.4) is 0 Å². The van der Waals surface area contributed by atoms with E-state index in [2.05, 4.69) is 46.9 Å². The molecule has 2 rings (SSSR count). The summed E-state index contributed by atoms with van der Waals surface area (Å²) in [5.41, 5.74) is 3.86. The molecule has 2 nitrogen and oxygen atoms in total. The third kappa shape index (κ3) is 3.65. The van der Waals surface area contributed by atoms with Crippen molar-refractivity contribution < 1.29 is 0 Å². The van der Waals surface area contributed by atoms with Gasteiger partial charge in [0, 0.05) is 30.6 Å². The Labute approximate surface area is 107 Å². The number of hydrogen-bond donors (Lipinski definition) is 1. The molecule has 0 aliphatic rings. The number of nitrogens with zero attached hydrogens (tertiary/aromatic N) is 1. The molecular formula is C14H18N2S. The molecule has 1 aromatic carbocycles. The minimum absolute atomic E-state index is 0.941. The van der Waals surface area contributed by atoms with Crippen molar-refractivity contribution >= 4 is 11.3 Å². The lowest BCUT2D eigenvalue weighted by molar-refractivity contribution is 0.682. The average molecular weight is 246 g/mol. The summed E-state index contributed by atoms with van der Waals surface area (Å²) in [5, 5.41) is 6.80. The highest BCUT2D eigenvalue weighted by molar-refractivity contribution is 7.09. The quantitative estimate of drug-likeness (QED) is 0.820. The molecule has 17 heavy (non-hydrogen) atoms. The van der Waals surface area contributed by atoms with Gasteiger partial charge in [-0.2, -0.15) is 0 Å². The Balaban J connectivity index is 1.75. The molecule has 0 bridgehead atoms. The number of thiazole rings is 1. The fraction of sp³-hybridized carbons (Fsp3) is 0.357. The lowest BCUT2D eigenvalue weighted by Gasteiger charge is -2.06. The van der Waals surface area contributed by atoms with E-state index in [1.54, 1.807) is 11.3 Å². The highest BCUT2D eigenvalue weighted by Crippen LogP contribution is 2.09. The van der Waals surface area contributed by atoms with Crippen molar-refractivity contribution in [3.05, 3.63) is 51.5 Å². The monoisotopic (exact) mass is 246 g/mol. The van der Waals surface area contributed by atoms with E-state index in [-0.39, 0.29) is 0 Å². The molecule has 2 aromatic rings. The average Bonchev–Trinajstić information content (AvgIpc) is 2.73. The van der Waals surface area contributed by atoms with E-state index in [0.29, 0.717) is 0 Å². The number of aryl methyl sites for hydroxylation is 2. The first kappa shape index (κ1) is 12.3. The number of rotatable bonds is 5. The van der Waals surface area contributed by atoms with Crippen LogP contribution in [0.5, 0.6) is 0 Å². The zero-order valence-electron chi connectivity index (χ0n) is 10.4. The molecule has 0 saturated carbocycles. The van der Waals surface area contributed by atoms with Gasteiger partial charge in [-0.05, 0) is 25.0 Å². The maximum absolute atomic E-state index is 4.45. The van der Waals surface area contributed by atoms with Crippen LogP contribution in [0, 0.1) is 13.8 Å². The summed E-state index contributed by atoms with van der Waals surface area (Å²) < 4.78 is 0. The topological polar surface area (TPSA) is 24.9 Å². The number of nitrogens with one attached hydrogen (secondary N) is 1. The van der Waals surface area contributed by atoms with Crippen molar-refractivity contribution in [2.24, 2.45) is 0 Å². The van der Waals surface area contributed by atoms with Gasteiger partial charge in [0.05, 0.1) is 5.01 Å². The Hall–Kier alpha value is -1.19. The second kappa shape index (κ2) is 5.94. The Morgan fingerprint density at radius 2 is 2.06 bits per heavy atom. The Bertz CT molecular complexity index is 477. The van der Waals surface area contributed by atoms with Crippen molar-refractivity contribution in [3.63, 3.8) is 0 Å². The largest absolute Gasteiger partial charge is 0.312 e. The molecule has 0 atom stereocenters. The molecular weight excluding hydrogens is 228 g/mol. The Morgan fingerprint density at radius 1 is 1.24 bits per heavy atom. The van der Waals surface area contributed by atoms with Crippen LogP contribution in [-0.4, -0.2) is 11.5 Å². The number of aromatic nitrogens is 1. The second-order valence-corrected chi connectivity index (χ2v) is 5.18. The van der Waals surface area contributed by atoms with Crippen LogP contribution >= 0.6 is 11.3 Å². The predicted octanol–water partition coefficient (Wildman–Crippen LogP) is 3.09. The fourth-order valence-electron chi connectivity index (χ4n) is 1.74. The van der Waals surface area contributed by atoms with E-state index in [9.17, 15) is 0 Å². The molecule has 0 saturated heterocycles. The molecule has 0 aliphatic carbocycles. The maximum atomic E-state index is 4.45. The molecule has 1 N–H and O–H groups in total. The van der Waals surface area contributed by atoms with Crippen LogP contribution in [0.4, 0.5) is 0 Å². The van der Waals surface area contributed by atoms with Crippen LogP contribution in [0.2, 0.25) is 0 Å². The van der Waals surface area contributed by atoms with E-state index in [4.69, 9.17) is 0 Å². The lowest BCUT2D eigenvalue weighted by Crippen LogP contribution is -2.17. The first-order chi connectivity index (χ1) is 8.25. The lowest BCUT2D eigenvalue weighted by atomic mass is 10.1. The zero-order valence-corrected chi connectivity index (χ0v) is 11.2.